The second-order valence-corrected chi connectivity index (χ2v) is 5.42. The zero-order chi connectivity index (χ0) is 14.0. The molecule has 0 saturated carbocycles. The summed E-state index contributed by atoms with van der Waals surface area (Å²) >= 11 is 0. The lowest BCUT2D eigenvalue weighted by molar-refractivity contribution is 0.412. The zero-order valence-electron chi connectivity index (χ0n) is 11.9. The Morgan fingerprint density at radius 1 is 1.37 bits per heavy atom. The number of aromatic nitrogens is 2. The number of ether oxygens (including phenoxy) is 1. The maximum atomic E-state index is 5.77. The van der Waals surface area contributed by atoms with E-state index in [0.29, 0.717) is 6.54 Å². The molecule has 19 heavy (non-hydrogen) atoms. The Bertz CT molecular complexity index is 573. The van der Waals surface area contributed by atoms with Crippen molar-refractivity contribution in [2.24, 2.45) is 5.73 Å². The Morgan fingerprint density at radius 3 is 2.68 bits per heavy atom. The standard InChI is InChI=1S/C15H21N3O/c1-10-7-11(5-6-13(10)19-4)12-8-17-14(18-12)15(2,3)9-16/h5-8H,9,16H2,1-4H3,(H,17,18). The van der Waals surface area contributed by atoms with E-state index in [1.807, 2.05) is 25.3 Å². The summed E-state index contributed by atoms with van der Waals surface area (Å²) in [6.07, 6.45) is 1.86. The van der Waals surface area contributed by atoms with E-state index >= 15 is 0 Å². The quantitative estimate of drug-likeness (QED) is 0.887. The first-order chi connectivity index (χ1) is 8.97. The number of benzene rings is 1. The van der Waals surface area contributed by atoms with Crippen LogP contribution in [0.15, 0.2) is 24.4 Å². The van der Waals surface area contributed by atoms with Crippen molar-refractivity contribution >= 4 is 0 Å². The van der Waals surface area contributed by atoms with E-state index in [9.17, 15) is 0 Å². The minimum absolute atomic E-state index is 0.139. The van der Waals surface area contributed by atoms with Gasteiger partial charge in [-0.2, -0.15) is 0 Å². The smallest absolute Gasteiger partial charge is 0.121 e. The van der Waals surface area contributed by atoms with Crippen LogP contribution >= 0.6 is 0 Å². The van der Waals surface area contributed by atoms with Gasteiger partial charge in [0, 0.05) is 17.5 Å². The number of hydrogen-bond acceptors (Lipinski definition) is 3. The lowest BCUT2D eigenvalue weighted by atomic mass is 9.93. The Morgan fingerprint density at radius 2 is 2.11 bits per heavy atom. The van der Waals surface area contributed by atoms with Crippen LogP contribution in [0.5, 0.6) is 5.75 Å². The van der Waals surface area contributed by atoms with Gasteiger partial charge in [-0.1, -0.05) is 13.8 Å². The van der Waals surface area contributed by atoms with Gasteiger partial charge in [0.05, 0.1) is 19.0 Å². The first kappa shape index (κ1) is 13.6. The molecule has 4 nitrogen and oxygen atoms in total. The predicted octanol–water partition coefficient (Wildman–Crippen LogP) is 2.63. The number of hydrogen-bond donors (Lipinski definition) is 2. The van der Waals surface area contributed by atoms with Gasteiger partial charge < -0.3 is 15.5 Å². The maximum absolute atomic E-state index is 5.77. The Labute approximate surface area is 114 Å². The van der Waals surface area contributed by atoms with Gasteiger partial charge in [0.25, 0.3) is 0 Å². The summed E-state index contributed by atoms with van der Waals surface area (Å²) in [7, 11) is 1.68. The molecule has 0 spiro atoms. The van der Waals surface area contributed by atoms with E-state index in [4.69, 9.17) is 10.5 Å². The van der Waals surface area contributed by atoms with Crippen molar-refractivity contribution in [1.29, 1.82) is 0 Å². The summed E-state index contributed by atoms with van der Waals surface area (Å²) in [5.74, 6) is 1.81. The van der Waals surface area contributed by atoms with Crippen LogP contribution < -0.4 is 10.5 Å². The van der Waals surface area contributed by atoms with Crippen molar-refractivity contribution in [3.63, 3.8) is 0 Å². The van der Waals surface area contributed by atoms with Crippen molar-refractivity contribution in [2.75, 3.05) is 13.7 Å². The van der Waals surface area contributed by atoms with Crippen molar-refractivity contribution in [1.82, 2.24) is 9.97 Å². The number of rotatable bonds is 4. The van der Waals surface area contributed by atoms with Gasteiger partial charge in [-0.25, -0.2) is 4.98 Å². The van der Waals surface area contributed by atoms with Crippen molar-refractivity contribution in [3.05, 3.63) is 35.8 Å². The van der Waals surface area contributed by atoms with Crippen LogP contribution in [-0.2, 0) is 5.41 Å². The number of nitrogens with one attached hydrogen (secondary N) is 1. The Balaban J connectivity index is 2.36. The van der Waals surface area contributed by atoms with Gasteiger partial charge >= 0.3 is 0 Å². The highest BCUT2D eigenvalue weighted by Crippen LogP contribution is 2.27. The molecule has 1 aromatic heterocycles. The average Bonchev–Trinajstić information content (AvgIpc) is 2.89. The molecule has 0 aliphatic carbocycles. The normalized spacial score (nSPS) is 11.6. The molecule has 0 amide bonds. The molecular weight excluding hydrogens is 238 g/mol. The molecule has 3 N–H and O–H groups in total. The molecular formula is C15H21N3O. The second-order valence-electron chi connectivity index (χ2n) is 5.42. The van der Waals surface area contributed by atoms with Gasteiger partial charge in [-0.15, -0.1) is 0 Å². The fourth-order valence-corrected chi connectivity index (χ4v) is 1.95. The van der Waals surface area contributed by atoms with E-state index < -0.39 is 0 Å². The van der Waals surface area contributed by atoms with E-state index in [-0.39, 0.29) is 5.41 Å². The molecule has 0 bridgehead atoms. The number of nitrogens with two attached hydrogens (primary N) is 1. The van der Waals surface area contributed by atoms with Crippen LogP contribution in [0, 0.1) is 6.92 Å². The fourth-order valence-electron chi connectivity index (χ4n) is 1.95. The lowest BCUT2D eigenvalue weighted by Crippen LogP contribution is -2.29. The molecule has 2 rings (SSSR count). The monoisotopic (exact) mass is 259 g/mol. The SMILES string of the molecule is COc1ccc(-c2cnc(C(C)(C)CN)[nH]2)cc1C. The summed E-state index contributed by atoms with van der Waals surface area (Å²) in [5.41, 5.74) is 8.84. The van der Waals surface area contributed by atoms with Crippen LogP contribution in [0.4, 0.5) is 0 Å². The molecule has 1 heterocycles. The van der Waals surface area contributed by atoms with Gasteiger partial charge in [0.1, 0.15) is 11.6 Å². The first-order valence-corrected chi connectivity index (χ1v) is 6.38. The molecule has 1 aromatic carbocycles. The number of imidazole rings is 1. The highest BCUT2D eigenvalue weighted by atomic mass is 16.5. The summed E-state index contributed by atoms with van der Waals surface area (Å²) in [4.78, 5) is 7.79. The van der Waals surface area contributed by atoms with Gasteiger partial charge in [0.15, 0.2) is 0 Å². The lowest BCUT2D eigenvalue weighted by Gasteiger charge is -2.18. The van der Waals surface area contributed by atoms with Crippen molar-refractivity contribution in [3.8, 4) is 17.0 Å². The molecule has 0 fully saturated rings. The topological polar surface area (TPSA) is 63.9 Å². The van der Waals surface area contributed by atoms with E-state index in [1.165, 1.54) is 0 Å². The molecule has 4 heteroatoms. The van der Waals surface area contributed by atoms with Crippen LogP contribution in [0.2, 0.25) is 0 Å². The molecule has 0 atom stereocenters. The molecule has 102 valence electrons. The zero-order valence-corrected chi connectivity index (χ0v) is 11.9. The summed E-state index contributed by atoms with van der Waals surface area (Å²) in [6.45, 7) is 6.74. The number of H-pyrrole nitrogens is 1. The molecule has 0 radical (unpaired) electrons. The van der Waals surface area contributed by atoms with Crippen molar-refractivity contribution < 1.29 is 4.74 Å². The predicted molar refractivity (Wildman–Crippen MR) is 77.4 cm³/mol. The van der Waals surface area contributed by atoms with Crippen molar-refractivity contribution in [2.45, 2.75) is 26.2 Å². The Hall–Kier alpha value is -1.81. The summed E-state index contributed by atoms with van der Waals surface area (Å²) < 4.78 is 5.27. The van der Waals surface area contributed by atoms with Gasteiger partial charge in [-0.05, 0) is 30.7 Å². The molecule has 0 saturated heterocycles. The third-order valence-electron chi connectivity index (χ3n) is 3.43. The van der Waals surface area contributed by atoms with Crippen LogP contribution in [-0.4, -0.2) is 23.6 Å². The third kappa shape index (κ3) is 2.63. The van der Waals surface area contributed by atoms with E-state index in [2.05, 4.69) is 29.9 Å². The number of aryl methyl sites for hydroxylation is 1. The highest BCUT2D eigenvalue weighted by molar-refractivity contribution is 5.61. The minimum atomic E-state index is -0.139. The largest absolute Gasteiger partial charge is 0.496 e. The molecule has 0 aliphatic rings. The summed E-state index contributed by atoms with van der Waals surface area (Å²) in [6, 6.07) is 6.09. The van der Waals surface area contributed by atoms with E-state index in [1.54, 1.807) is 7.11 Å². The molecule has 2 aromatic rings. The van der Waals surface area contributed by atoms with Crippen LogP contribution in [0.25, 0.3) is 11.3 Å². The van der Waals surface area contributed by atoms with Crippen LogP contribution in [0.3, 0.4) is 0 Å². The molecule has 0 aliphatic heterocycles. The summed E-state index contributed by atoms with van der Waals surface area (Å²) in [5, 5.41) is 0. The first-order valence-electron chi connectivity index (χ1n) is 6.38. The second kappa shape index (κ2) is 5.05. The minimum Gasteiger partial charge on any atom is -0.496 e. The molecule has 0 unspecified atom stereocenters. The third-order valence-corrected chi connectivity index (χ3v) is 3.43. The van der Waals surface area contributed by atoms with Gasteiger partial charge in [0.2, 0.25) is 0 Å². The fraction of sp³-hybridized carbons (Fsp3) is 0.400. The maximum Gasteiger partial charge on any atom is 0.121 e. The number of methoxy groups -OCH3 is 1. The van der Waals surface area contributed by atoms with E-state index in [0.717, 1.165) is 28.4 Å². The van der Waals surface area contributed by atoms with Crippen LogP contribution in [0.1, 0.15) is 25.2 Å². The number of aromatic amines is 1. The van der Waals surface area contributed by atoms with Gasteiger partial charge in [-0.3, -0.25) is 0 Å². The number of nitrogens with zero attached hydrogens (tertiary/aromatic N) is 1. The Kier molecular flexibility index (Phi) is 3.62. The average molecular weight is 259 g/mol. The highest BCUT2D eigenvalue weighted by Gasteiger charge is 2.22.